The van der Waals surface area contributed by atoms with Gasteiger partial charge in [0, 0.05) is 43.1 Å². The van der Waals surface area contributed by atoms with E-state index in [1.54, 1.807) is 36.3 Å². The van der Waals surface area contributed by atoms with Gasteiger partial charge in [0.2, 0.25) is 5.91 Å². The molecule has 2 atom stereocenters. The van der Waals surface area contributed by atoms with E-state index in [1.807, 2.05) is 13.8 Å². The third kappa shape index (κ3) is 5.06. The molecule has 0 bridgehead atoms. The largest absolute Gasteiger partial charge is 0.497 e. The van der Waals surface area contributed by atoms with E-state index in [4.69, 9.17) is 9.47 Å². The summed E-state index contributed by atoms with van der Waals surface area (Å²) in [7, 11) is 1.57. The van der Waals surface area contributed by atoms with E-state index in [2.05, 4.69) is 5.32 Å². The zero-order chi connectivity index (χ0) is 25.9. The maximum atomic E-state index is 13.7. The van der Waals surface area contributed by atoms with Gasteiger partial charge >= 0.3 is 0 Å². The lowest BCUT2D eigenvalue weighted by atomic mass is 9.96. The summed E-state index contributed by atoms with van der Waals surface area (Å²) in [6.07, 6.45) is 1.46. The molecule has 0 unspecified atom stereocenters. The van der Waals surface area contributed by atoms with Crippen LogP contribution in [0.4, 0.5) is 4.39 Å². The van der Waals surface area contributed by atoms with Gasteiger partial charge < -0.3 is 19.7 Å². The normalized spacial score (nSPS) is 19.7. The fraction of sp³-hybridized carbons (Fsp3) is 0.444. The second-order valence-corrected chi connectivity index (χ2v) is 9.29. The Morgan fingerprint density at radius 1 is 1.06 bits per heavy atom. The molecule has 9 heteroatoms. The summed E-state index contributed by atoms with van der Waals surface area (Å²) >= 11 is 0. The lowest BCUT2D eigenvalue weighted by Gasteiger charge is -2.44. The Bertz CT molecular complexity index is 1100. The van der Waals surface area contributed by atoms with Gasteiger partial charge in [-0.2, -0.15) is 0 Å². The number of hydrogen-bond acceptors (Lipinski definition) is 5. The van der Waals surface area contributed by atoms with Crippen molar-refractivity contribution in [1.29, 1.82) is 0 Å². The number of nitrogens with one attached hydrogen (secondary N) is 1. The summed E-state index contributed by atoms with van der Waals surface area (Å²) in [5.41, 5.74) is -0.205. The first-order valence-electron chi connectivity index (χ1n) is 12.2. The van der Waals surface area contributed by atoms with Crippen LogP contribution in [0, 0.1) is 5.82 Å². The highest BCUT2D eigenvalue weighted by Crippen LogP contribution is 2.39. The minimum absolute atomic E-state index is 0.0548. The third-order valence-corrected chi connectivity index (χ3v) is 7.04. The van der Waals surface area contributed by atoms with E-state index in [1.165, 1.54) is 29.2 Å². The van der Waals surface area contributed by atoms with Gasteiger partial charge in [0.1, 0.15) is 23.3 Å². The van der Waals surface area contributed by atoms with Crippen molar-refractivity contribution in [2.24, 2.45) is 0 Å². The van der Waals surface area contributed by atoms with E-state index in [0.717, 1.165) is 6.42 Å². The molecule has 0 aromatic heterocycles. The van der Waals surface area contributed by atoms with Crippen LogP contribution in [0.2, 0.25) is 0 Å². The molecule has 0 radical (unpaired) electrons. The number of hydrogen-bond donors (Lipinski definition) is 1. The van der Waals surface area contributed by atoms with Crippen molar-refractivity contribution in [2.45, 2.75) is 50.9 Å². The highest BCUT2D eigenvalue weighted by molar-refractivity contribution is 5.98. The SMILES string of the molecule is CC[C@H](C)NC(=O)[C@@H]1COC2(CCN(C(=O)c3ccc(OC)cc3)CC2)N1C(=O)c1ccc(F)cc1. The number of halogens is 1. The maximum Gasteiger partial charge on any atom is 0.256 e. The molecular formula is C27H32FN3O5. The zero-order valence-corrected chi connectivity index (χ0v) is 20.8. The maximum absolute atomic E-state index is 13.7. The summed E-state index contributed by atoms with van der Waals surface area (Å²) in [5.74, 6) is -0.580. The van der Waals surface area contributed by atoms with Crippen LogP contribution in [-0.4, -0.2) is 72.1 Å². The lowest BCUT2D eigenvalue weighted by Crippen LogP contribution is -2.60. The molecule has 8 nitrogen and oxygen atoms in total. The Hall–Kier alpha value is -3.46. The first-order chi connectivity index (χ1) is 17.3. The van der Waals surface area contributed by atoms with Gasteiger partial charge in [0.25, 0.3) is 11.8 Å². The molecule has 2 fully saturated rings. The zero-order valence-electron chi connectivity index (χ0n) is 20.8. The number of benzene rings is 2. The van der Waals surface area contributed by atoms with Gasteiger partial charge in [-0.3, -0.25) is 19.3 Å². The number of amides is 3. The van der Waals surface area contributed by atoms with Crippen molar-refractivity contribution in [3.63, 3.8) is 0 Å². The molecule has 1 N–H and O–H groups in total. The molecule has 192 valence electrons. The van der Waals surface area contributed by atoms with Crippen LogP contribution in [0.3, 0.4) is 0 Å². The van der Waals surface area contributed by atoms with E-state index >= 15 is 0 Å². The molecule has 2 aliphatic rings. The predicted molar refractivity (Wildman–Crippen MR) is 131 cm³/mol. The number of rotatable bonds is 6. The summed E-state index contributed by atoms with van der Waals surface area (Å²) in [6, 6.07) is 11.3. The van der Waals surface area contributed by atoms with Crippen molar-refractivity contribution in [2.75, 3.05) is 26.8 Å². The quantitative estimate of drug-likeness (QED) is 0.662. The molecule has 2 heterocycles. The van der Waals surface area contributed by atoms with Crippen LogP contribution in [0.25, 0.3) is 0 Å². The predicted octanol–water partition coefficient (Wildman–Crippen LogP) is 3.22. The summed E-state index contributed by atoms with van der Waals surface area (Å²) in [4.78, 5) is 43.1. The Balaban J connectivity index is 1.55. The van der Waals surface area contributed by atoms with E-state index in [0.29, 0.717) is 37.2 Å². The molecule has 2 saturated heterocycles. The molecular weight excluding hydrogens is 465 g/mol. The minimum atomic E-state index is -1.03. The first kappa shape index (κ1) is 25.6. The van der Waals surface area contributed by atoms with Crippen LogP contribution >= 0.6 is 0 Å². The second-order valence-electron chi connectivity index (χ2n) is 9.29. The molecule has 2 aromatic carbocycles. The lowest BCUT2D eigenvalue weighted by molar-refractivity contribution is -0.128. The molecule has 1 spiro atoms. The van der Waals surface area contributed by atoms with Crippen molar-refractivity contribution in [1.82, 2.24) is 15.1 Å². The number of nitrogens with zero attached hydrogens (tertiary/aromatic N) is 2. The summed E-state index contributed by atoms with van der Waals surface area (Å²) in [6.45, 7) is 4.64. The molecule has 0 aliphatic carbocycles. The molecule has 36 heavy (non-hydrogen) atoms. The van der Waals surface area contributed by atoms with Crippen molar-refractivity contribution < 1.29 is 28.2 Å². The minimum Gasteiger partial charge on any atom is -0.497 e. The fourth-order valence-corrected chi connectivity index (χ4v) is 4.71. The summed E-state index contributed by atoms with van der Waals surface area (Å²) in [5, 5.41) is 2.95. The Kier molecular flexibility index (Phi) is 7.59. The number of ether oxygens (including phenoxy) is 2. The molecule has 2 aromatic rings. The van der Waals surface area contributed by atoms with Gasteiger partial charge in [-0.1, -0.05) is 6.92 Å². The molecule has 3 amide bonds. The van der Waals surface area contributed by atoms with Crippen LogP contribution in [0.1, 0.15) is 53.8 Å². The highest BCUT2D eigenvalue weighted by Gasteiger charge is 2.54. The summed E-state index contributed by atoms with van der Waals surface area (Å²) < 4.78 is 24.9. The number of carbonyl (C=O) groups excluding carboxylic acids is 3. The van der Waals surface area contributed by atoms with E-state index < -0.39 is 23.5 Å². The van der Waals surface area contributed by atoms with Crippen molar-refractivity contribution in [3.05, 3.63) is 65.5 Å². The number of methoxy groups -OCH3 is 1. The average molecular weight is 498 g/mol. The number of likely N-dealkylation sites (tertiary alicyclic amines) is 1. The van der Waals surface area contributed by atoms with Gasteiger partial charge in [0.15, 0.2) is 0 Å². The monoisotopic (exact) mass is 497 g/mol. The van der Waals surface area contributed by atoms with Gasteiger partial charge in [-0.05, 0) is 61.9 Å². The van der Waals surface area contributed by atoms with Crippen molar-refractivity contribution in [3.8, 4) is 5.75 Å². The van der Waals surface area contributed by atoms with Crippen molar-refractivity contribution >= 4 is 17.7 Å². The third-order valence-electron chi connectivity index (χ3n) is 7.04. The first-order valence-corrected chi connectivity index (χ1v) is 12.2. The Morgan fingerprint density at radius 3 is 2.22 bits per heavy atom. The van der Waals surface area contributed by atoms with Gasteiger partial charge in [-0.15, -0.1) is 0 Å². The Labute approximate surface area is 210 Å². The van der Waals surface area contributed by atoms with Crippen LogP contribution in [0.15, 0.2) is 48.5 Å². The topological polar surface area (TPSA) is 88.2 Å². The average Bonchev–Trinajstić information content (AvgIpc) is 3.27. The molecule has 2 aliphatic heterocycles. The number of carbonyl (C=O) groups is 3. The van der Waals surface area contributed by atoms with Crippen LogP contribution in [-0.2, 0) is 9.53 Å². The molecule has 0 saturated carbocycles. The molecule has 4 rings (SSSR count). The standard InChI is InChI=1S/C27H32FN3O5/c1-4-18(2)29-24(32)23-17-36-27(31(23)26(34)20-5-9-21(28)10-6-20)13-15-30(16-14-27)25(33)19-7-11-22(35-3)12-8-19/h5-12,18,23H,4,13-17H2,1-3H3,(H,29,32)/t18-,23-/m0/s1. The highest BCUT2D eigenvalue weighted by atomic mass is 19.1. The van der Waals surface area contributed by atoms with Gasteiger partial charge in [0.05, 0.1) is 13.7 Å². The van der Waals surface area contributed by atoms with E-state index in [9.17, 15) is 18.8 Å². The number of piperidine rings is 1. The second kappa shape index (κ2) is 10.7. The fourth-order valence-electron chi connectivity index (χ4n) is 4.71. The van der Waals surface area contributed by atoms with E-state index in [-0.39, 0.29) is 30.0 Å². The Morgan fingerprint density at radius 2 is 1.64 bits per heavy atom. The van der Waals surface area contributed by atoms with Crippen LogP contribution in [0.5, 0.6) is 5.75 Å². The smallest absolute Gasteiger partial charge is 0.256 e. The van der Waals surface area contributed by atoms with Gasteiger partial charge in [-0.25, -0.2) is 4.39 Å². The van der Waals surface area contributed by atoms with Crippen LogP contribution < -0.4 is 10.1 Å².